The van der Waals surface area contributed by atoms with E-state index in [0.29, 0.717) is 6.42 Å². The van der Waals surface area contributed by atoms with Gasteiger partial charge in [0.05, 0.1) is 6.42 Å². The number of benzene rings is 1. The Balaban J connectivity index is 1.93. The number of thioether (sulfide) groups is 1. The lowest BCUT2D eigenvalue weighted by Gasteiger charge is -2.21. The first-order chi connectivity index (χ1) is 9.29. The minimum atomic E-state index is -0.130. The second-order valence-electron chi connectivity index (χ2n) is 5.08. The smallest absolute Gasteiger partial charge is 0.238 e. The summed E-state index contributed by atoms with van der Waals surface area (Å²) in [4.78, 5) is 11.4. The van der Waals surface area contributed by atoms with Gasteiger partial charge in [0.1, 0.15) is 0 Å². The molecule has 0 spiro atoms. The number of amides is 1. The molecule has 0 aliphatic heterocycles. The van der Waals surface area contributed by atoms with E-state index in [9.17, 15) is 4.79 Å². The normalized spacial score (nSPS) is 16.3. The van der Waals surface area contributed by atoms with E-state index in [2.05, 4.69) is 11.5 Å². The fourth-order valence-corrected chi connectivity index (χ4v) is 3.90. The van der Waals surface area contributed by atoms with Crippen LogP contribution in [-0.4, -0.2) is 11.2 Å². The van der Waals surface area contributed by atoms with E-state index in [0.717, 1.165) is 16.6 Å². The minimum Gasteiger partial charge on any atom is -0.294 e. The highest BCUT2D eigenvalue weighted by atomic mass is 32.2. The third-order valence-corrected chi connectivity index (χ3v) is 5.08. The Hall–Kier alpha value is -1.00. The highest BCUT2D eigenvalue weighted by Gasteiger charge is 2.14. The van der Waals surface area contributed by atoms with Gasteiger partial charge in [0.2, 0.25) is 5.91 Å². The van der Waals surface area contributed by atoms with Crippen LogP contribution >= 0.6 is 11.8 Å². The summed E-state index contributed by atoms with van der Waals surface area (Å²) >= 11 is 2.04. The van der Waals surface area contributed by atoms with Gasteiger partial charge < -0.3 is 0 Å². The van der Waals surface area contributed by atoms with Crippen LogP contribution in [-0.2, 0) is 17.0 Å². The molecule has 1 amide bonds. The average molecular weight is 278 g/mol. The van der Waals surface area contributed by atoms with Crippen LogP contribution in [0.3, 0.4) is 0 Å². The van der Waals surface area contributed by atoms with Crippen LogP contribution in [0.25, 0.3) is 0 Å². The standard InChI is InChI=1S/C15H22N2OS/c16-17-15(18)10-12-6-4-5-7-13(12)11-19-14-8-2-1-3-9-14/h4-7,14H,1-3,8-11,16H2,(H,17,18). The van der Waals surface area contributed by atoms with Gasteiger partial charge >= 0.3 is 0 Å². The summed E-state index contributed by atoms with van der Waals surface area (Å²) in [6, 6.07) is 8.16. The highest BCUT2D eigenvalue weighted by Crippen LogP contribution is 2.31. The molecule has 1 saturated carbocycles. The van der Waals surface area contributed by atoms with Gasteiger partial charge in [0.25, 0.3) is 0 Å². The molecule has 19 heavy (non-hydrogen) atoms. The maximum Gasteiger partial charge on any atom is 0.238 e. The first-order valence-electron chi connectivity index (χ1n) is 6.97. The van der Waals surface area contributed by atoms with Crippen LogP contribution in [0, 0.1) is 0 Å². The zero-order valence-electron chi connectivity index (χ0n) is 11.2. The van der Waals surface area contributed by atoms with Gasteiger partial charge in [-0.25, -0.2) is 5.84 Å². The summed E-state index contributed by atoms with van der Waals surface area (Å²) in [6.45, 7) is 0. The van der Waals surface area contributed by atoms with Crippen molar-refractivity contribution in [3.63, 3.8) is 0 Å². The third-order valence-electron chi connectivity index (χ3n) is 3.66. The Morgan fingerprint density at radius 3 is 2.58 bits per heavy atom. The molecule has 0 unspecified atom stereocenters. The molecule has 0 radical (unpaired) electrons. The number of nitrogens with two attached hydrogens (primary N) is 1. The summed E-state index contributed by atoms with van der Waals surface area (Å²) in [5.74, 6) is 6.03. The van der Waals surface area contributed by atoms with Crippen molar-refractivity contribution < 1.29 is 4.79 Å². The molecule has 0 saturated heterocycles. The molecule has 0 aromatic heterocycles. The van der Waals surface area contributed by atoms with Gasteiger partial charge in [-0.1, -0.05) is 43.5 Å². The zero-order valence-corrected chi connectivity index (χ0v) is 12.0. The summed E-state index contributed by atoms with van der Waals surface area (Å²) in [7, 11) is 0. The average Bonchev–Trinajstić information content (AvgIpc) is 2.47. The number of carbonyl (C=O) groups excluding carboxylic acids is 1. The van der Waals surface area contributed by atoms with E-state index in [-0.39, 0.29) is 5.91 Å². The van der Waals surface area contributed by atoms with Crippen molar-refractivity contribution in [2.45, 2.75) is 49.5 Å². The maximum atomic E-state index is 11.4. The largest absolute Gasteiger partial charge is 0.294 e. The second kappa shape index (κ2) is 7.56. The highest BCUT2D eigenvalue weighted by molar-refractivity contribution is 7.99. The number of rotatable bonds is 5. The van der Waals surface area contributed by atoms with Crippen LogP contribution in [0.5, 0.6) is 0 Å². The SMILES string of the molecule is NNC(=O)Cc1ccccc1CSC1CCCCC1. The molecule has 104 valence electrons. The van der Waals surface area contributed by atoms with E-state index in [4.69, 9.17) is 5.84 Å². The van der Waals surface area contributed by atoms with Crippen molar-refractivity contribution in [2.24, 2.45) is 5.84 Å². The summed E-state index contributed by atoms with van der Waals surface area (Å²) in [5.41, 5.74) is 4.56. The second-order valence-corrected chi connectivity index (χ2v) is 6.37. The Labute approximate surface area is 119 Å². The summed E-state index contributed by atoms with van der Waals surface area (Å²) < 4.78 is 0. The van der Waals surface area contributed by atoms with Crippen LogP contribution in [0.2, 0.25) is 0 Å². The van der Waals surface area contributed by atoms with E-state index < -0.39 is 0 Å². The lowest BCUT2D eigenvalue weighted by atomic mass is 10.0. The Kier molecular flexibility index (Phi) is 5.73. The van der Waals surface area contributed by atoms with Gasteiger partial charge in [-0.05, 0) is 24.0 Å². The fraction of sp³-hybridized carbons (Fsp3) is 0.533. The van der Waals surface area contributed by atoms with Crippen molar-refractivity contribution >= 4 is 17.7 Å². The van der Waals surface area contributed by atoms with Crippen molar-refractivity contribution in [3.8, 4) is 0 Å². The van der Waals surface area contributed by atoms with Crippen LogP contribution < -0.4 is 11.3 Å². The van der Waals surface area contributed by atoms with Crippen molar-refractivity contribution in [1.82, 2.24) is 5.43 Å². The number of hydrazine groups is 1. The number of nitrogens with one attached hydrogen (secondary N) is 1. The third kappa shape index (κ3) is 4.55. The molecule has 0 bridgehead atoms. The fourth-order valence-electron chi connectivity index (χ4n) is 2.53. The number of hydrogen-bond acceptors (Lipinski definition) is 3. The molecule has 1 aromatic rings. The van der Waals surface area contributed by atoms with Crippen LogP contribution in [0.1, 0.15) is 43.2 Å². The molecule has 0 atom stereocenters. The zero-order chi connectivity index (χ0) is 13.5. The molecule has 3 N–H and O–H groups in total. The first kappa shape index (κ1) is 14.4. The Morgan fingerprint density at radius 2 is 1.89 bits per heavy atom. The first-order valence-corrected chi connectivity index (χ1v) is 8.02. The molecular weight excluding hydrogens is 256 g/mol. The molecule has 4 heteroatoms. The van der Waals surface area contributed by atoms with E-state index >= 15 is 0 Å². The Bertz CT molecular complexity index is 416. The van der Waals surface area contributed by atoms with E-state index in [1.54, 1.807) is 0 Å². The predicted octanol–water partition coefficient (Wildman–Crippen LogP) is 2.78. The topological polar surface area (TPSA) is 55.1 Å². The van der Waals surface area contributed by atoms with Gasteiger partial charge in [-0.3, -0.25) is 10.2 Å². The van der Waals surface area contributed by atoms with Crippen molar-refractivity contribution in [2.75, 3.05) is 0 Å². The van der Waals surface area contributed by atoms with Gasteiger partial charge in [-0.15, -0.1) is 0 Å². The van der Waals surface area contributed by atoms with Crippen molar-refractivity contribution in [3.05, 3.63) is 35.4 Å². The van der Waals surface area contributed by atoms with E-state index in [1.165, 1.54) is 37.7 Å². The van der Waals surface area contributed by atoms with Crippen LogP contribution in [0.15, 0.2) is 24.3 Å². The molecular formula is C15H22N2OS. The monoisotopic (exact) mass is 278 g/mol. The Morgan fingerprint density at radius 1 is 1.21 bits per heavy atom. The maximum absolute atomic E-state index is 11.4. The van der Waals surface area contributed by atoms with Gasteiger partial charge in [0.15, 0.2) is 0 Å². The molecule has 3 nitrogen and oxygen atoms in total. The molecule has 1 aliphatic carbocycles. The van der Waals surface area contributed by atoms with Crippen LogP contribution in [0.4, 0.5) is 0 Å². The molecule has 1 aromatic carbocycles. The molecule has 2 rings (SSSR count). The van der Waals surface area contributed by atoms with Gasteiger partial charge in [-0.2, -0.15) is 11.8 Å². The lowest BCUT2D eigenvalue weighted by molar-refractivity contribution is -0.120. The molecule has 1 aliphatic rings. The van der Waals surface area contributed by atoms with E-state index in [1.807, 2.05) is 30.0 Å². The molecule has 0 heterocycles. The lowest BCUT2D eigenvalue weighted by Crippen LogP contribution is -2.31. The van der Waals surface area contributed by atoms with Crippen molar-refractivity contribution in [1.29, 1.82) is 0 Å². The quantitative estimate of drug-likeness (QED) is 0.495. The predicted molar refractivity (Wildman–Crippen MR) is 80.6 cm³/mol. The summed E-state index contributed by atoms with van der Waals surface area (Å²) in [5, 5.41) is 0.796. The van der Waals surface area contributed by atoms with Gasteiger partial charge in [0, 0.05) is 11.0 Å². The number of carbonyl (C=O) groups is 1. The summed E-state index contributed by atoms with van der Waals surface area (Å²) in [6.07, 6.45) is 7.19. The minimum absolute atomic E-state index is 0.130. The number of hydrogen-bond donors (Lipinski definition) is 2. The molecule has 1 fully saturated rings.